The number of nitrogen functional groups attached to an aromatic ring is 1. The van der Waals surface area contributed by atoms with Crippen LogP contribution in [0.2, 0.25) is 0 Å². The first-order valence-corrected chi connectivity index (χ1v) is 3.63. The molecule has 0 saturated heterocycles. The van der Waals surface area contributed by atoms with Crippen LogP contribution in [0, 0.1) is 0 Å². The minimum absolute atomic E-state index is 0.671. The molecule has 0 unspecified atom stereocenters. The topological polar surface area (TPSA) is 54.7 Å². The molecule has 1 heterocycles. The number of aromatic nitrogens is 2. The van der Waals surface area contributed by atoms with E-state index < -0.39 is 0 Å². The second-order valence-electron chi connectivity index (χ2n) is 2.33. The van der Waals surface area contributed by atoms with Gasteiger partial charge in [0.25, 0.3) is 0 Å². The van der Waals surface area contributed by atoms with Gasteiger partial charge in [-0.3, -0.25) is 0 Å². The first-order valence-electron chi connectivity index (χ1n) is 3.19. The molecule has 0 spiro atoms. The summed E-state index contributed by atoms with van der Waals surface area (Å²) in [5.74, 6) is 0. The number of hydrogen-bond donors (Lipinski definition) is 3. The van der Waals surface area contributed by atoms with Crippen LogP contribution in [0.5, 0.6) is 0 Å². The molecule has 0 amide bonds. The van der Waals surface area contributed by atoms with Gasteiger partial charge in [-0.2, -0.15) is 0 Å². The molecule has 0 bridgehead atoms. The maximum absolute atomic E-state index is 5.62. The number of anilines is 1. The normalized spacial score (nSPS) is 10.6. The van der Waals surface area contributed by atoms with Crippen LogP contribution >= 0.6 is 12.6 Å². The molecule has 3 N–H and O–H groups in total. The van der Waals surface area contributed by atoms with Gasteiger partial charge >= 0.3 is 0 Å². The molecule has 2 rings (SSSR count). The van der Waals surface area contributed by atoms with Crippen LogP contribution < -0.4 is 5.73 Å². The molecular formula is C7H7N3S. The predicted octanol–water partition coefficient (Wildman–Crippen LogP) is 1.43. The predicted molar refractivity (Wildman–Crippen MR) is 47.8 cm³/mol. The fourth-order valence-corrected chi connectivity index (χ4v) is 1.17. The molecule has 0 fully saturated rings. The Kier molecular flexibility index (Phi) is 1.29. The van der Waals surface area contributed by atoms with E-state index in [1.807, 2.05) is 12.1 Å². The zero-order chi connectivity index (χ0) is 7.84. The molecule has 56 valence electrons. The van der Waals surface area contributed by atoms with Crippen molar-refractivity contribution in [2.45, 2.75) is 4.90 Å². The molecule has 4 heteroatoms. The monoisotopic (exact) mass is 165 g/mol. The first-order chi connectivity index (χ1) is 5.27. The van der Waals surface area contributed by atoms with Crippen molar-refractivity contribution in [1.29, 1.82) is 0 Å². The van der Waals surface area contributed by atoms with Crippen LogP contribution in [0.4, 0.5) is 5.69 Å². The van der Waals surface area contributed by atoms with Gasteiger partial charge in [0.05, 0.1) is 17.4 Å². The molecule has 0 aliphatic heterocycles. The highest BCUT2D eigenvalue weighted by Crippen LogP contribution is 2.21. The number of imidazole rings is 1. The highest BCUT2D eigenvalue weighted by atomic mass is 32.1. The molecule has 11 heavy (non-hydrogen) atoms. The third-order valence-corrected chi connectivity index (χ3v) is 1.96. The van der Waals surface area contributed by atoms with E-state index >= 15 is 0 Å². The quantitative estimate of drug-likeness (QED) is 0.408. The van der Waals surface area contributed by atoms with Gasteiger partial charge in [-0.25, -0.2) is 4.98 Å². The molecule has 2 aromatic rings. The highest BCUT2D eigenvalue weighted by molar-refractivity contribution is 7.80. The van der Waals surface area contributed by atoms with Crippen molar-refractivity contribution >= 4 is 29.3 Å². The number of thiol groups is 1. The van der Waals surface area contributed by atoms with Gasteiger partial charge in [0.15, 0.2) is 0 Å². The van der Waals surface area contributed by atoms with E-state index in [2.05, 4.69) is 22.6 Å². The second-order valence-corrected chi connectivity index (χ2v) is 2.81. The summed E-state index contributed by atoms with van der Waals surface area (Å²) in [5.41, 5.74) is 8.13. The number of hydrogen-bond acceptors (Lipinski definition) is 3. The van der Waals surface area contributed by atoms with Gasteiger partial charge in [-0.05, 0) is 12.1 Å². The molecule has 0 saturated carbocycles. The third-order valence-electron chi connectivity index (χ3n) is 1.57. The van der Waals surface area contributed by atoms with Gasteiger partial charge in [0.2, 0.25) is 0 Å². The van der Waals surface area contributed by atoms with Crippen LogP contribution in [0.15, 0.2) is 23.4 Å². The summed E-state index contributed by atoms with van der Waals surface area (Å²) in [5, 5.41) is 0. The lowest BCUT2D eigenvalue weighted by Crippen LogP contribution is -1.86. The Bertz CT molecular complexity index is 357. The molecule has 1 aromatic heterocycles. The number of H-pyrrole nitrogens is 1. The SMILES string of the molecule is Nc1cc2[nH]cnc2cc1S. The number of fused-ring (bicyclic) bond motifs is 1. The van der Waals surface area contributed by atoms with Crippen molar-refractivity contribution in [3.05, 3.63) is 18.5 Å². The number of benzene rings is 1. The van der Waals surface area contributed by atoms with Gasteiger partial charge in [-0.15, -0.1) is 12.6 Å². The zero-order valence-electron chi connectivity index (χ0n) is 5.70. The average Bonchev–Trinajstić information content (AvgIpc) is 2.36. The van der Waals surface area contributed by atoms with Crippen LogP contribution in [-0.4, -0.2) is 9.97 Å². The Morgan fingerprint density at radius 1 is 1.45 bits per heavy atom. The molecule has 0 radical (unpaired) electrons. The number of nitrogens with zero attached hydrogens (tertiary/aromatic N) is 1. The van der Waals surface area contributed by atoms with Gasteiger partial charge in [-0.1, -0.05) is 0 Å². The van der Waals surface area contributed by atoms with Crippen molar-refractivity contribution < 1.29 is 0 Å². The number of nitrogens with two attached hydrogens (primary N) is 1. The Morgan fingerprint density at radius 3 is 3.09 bits per heavy atom. The summed E-state index contributed by atoms with van der Waals surface area (Å²) in [6.45, 7) is 0. The summed E-state index contributed by atoms with van der Waals surface area (Å²) in [6, 6.07) is 3.66. The smallest absolute Gasteiger partial charge is 0.0931 e. The van der Waals surface area contributed by atoms with E-state index in [1.54, 1.807) is 6.33 Å². The van der Waals surface area contributed by atoms with Crippen molar-refractivity contribution in [1.82, 2.24) is 9.97 Å². The Balaban J connectivity index is 2.86. The average molecular weight is 165 g/mol. The Hall–Kier alpha value is -1.16. The molecule has 3 nitrogen and oxygen atoms in total. The summed E-state index contributed by atoms with van der Waals surface area (Å²) in [7, 11) is 0. The number of aromatic amines is 1. The van der Waals surface area contributed by atoms with Crippen LogP contribution in [0.25, 0.3) is 11.0 Å². The highest BCUT2D eigenvalue weighted by Gasteiger charge is 1.99. The van der Waals surface area contributed by atoms with Gasteiger partial charge < -0.3 is 10.7 Å². The fraction of sp³-hybridized carbons (Fsp3) is 0. The van der Waals surface area contributed by atoms with Crippen molar-refractivity contribution in [3.63, 3.8) is 0 Å². The van der Waals surface area contributed by atoms with Crippen molar-refractivity contribution in [3.8, 4) is 0 Å². The lowest BCUT2D eigenvalue weighted by molar-refractivity contribution is 1.34. The van der Waals surface area contributed by atoms with E-state index in [9.17, 15) is 0 Å². The van der Waals surface area contributed by atoms with Crippen LogP contribution in [0.3, 0.4) is 0 Å². The van der Waals surface area contributed by atoms with Gasteiger partial charge in [0, 0.05) is 10.6 Å². The number of nitrogens with one attached hydrogen (secondary N) is 1. The van der Waals surface area contributed by atoms with Crippen molar-refractivity contribution in [2.75, 3.05) is 5.73 Å². The third kappa shape index (κ3) is 0.952. The minimum atomic E-state index is 0.671. The fourth-order valence-electron chi connectivity index (χ4n) is 0.988. The van der Waals surface area contributed by atoms with E-state index in [-0.39, 0.29) is 0 Å². The molecular weight excluding hydrogens is 158 g/mol. The lowest BCUT2D eigenvalue weighted by atomic mass is 10.3. The Morgan fingerprint density at radius 2 is 2.27 bits per heavy atom. The largest absolute Gasteiger partial charge is 0.398 e. The summed E-state index contributed by atoms with van der Waals surface area (Å²) in [6.07, 6.45) is 1.64. The molecule has 0 aliphatic carbocycles. The summed E-state index contributed by atoms with van der Waals surface area (Å²) in [4.78, 5) is 7.79. The first kappa shape index (κ1) is 6.54. The molecule has 1 aromatic carbocycles. The summed E-state index contributed by atoms with van der Waals surface area (Å²) < 4.78 is 0. The maximum Gasteiger partial charge on any atom is 0.0931 e. The van der Waals surface area contributed by atoms with Crippen molar-refractivity contribution in [2.24, 2.45) is 0 Å². The second kappa shape index (κ2) is 2.17. The maximum atomic E-state index is 5.62. The van der Waals surface area contributed by atoms with Crippen LogP contribution in [-0.2, 0) is 0 Å². The van der Waals surface area contributed by atoms with Crippen LogP contribution in [0.1, 0.15) is 0 Å². The minimum Gasteiger partial charge on any atom is -0.398 e. The molecule has 0 aliphatic rings. The van der Waals surface area contributed by atoms with E-state index in [0.717, 1.165) is 15.9 Å². The Labute approximate surface area is 69.0 Å². The zero-order valence-corrected chi connectivity index (χ0v) is 6.60. The van der Waals surface area contributed by atoms with E-state index in [0.29, 0.717) is 5.69 Å². The van der Waals surface area contributed by atoms with E-state index in [4.69, 9.17) is 5.73 Å². The number of rotatable bonds is 0. The van der Waals surface area contributed by atoms with Gasteiger partial charge in [0.1, 0.15) is 0 Å². The summed E-state index contributed by atoms with van der Waals surface area (Å²) >= 11 is 4.17. The standard InChI is InChI=1S/C7H7N3S/c8-4-1-5-6(2-7(4)11)10-3-9-5/h1-3,11H,8H2,(H,9,10). The molecule has 0 atom stereocenters. The lowest BCUT2D eigenvalue weighted by Gasteiger charge is -1.96. The van der Waals surface area contributed by atoms with E-state index in [1.165, 1.54) is 0 Å².